The molecule has 1 heterocycles. The van der Waals surface area contributed by atoms with Gasteiger partial charge in [0.2, 0.25) is 0 Å². The molecular formula is C21H26N2O3. The van der Waals surface area contributed by atoms with Crippen molar-refractivity contribution in [1.82, 2.24) is 4.90 Å². The highest BCUT2D eigenvalue weighted by Gasteiger charge is 2.23. The standard InChI is InChI=1S/C21H26N2O3/c1-16-8-10-18(11-9-16)22-21(24)23(15-20-7-4-12-26-20)14-17-5-3-6-19(13-17)25-2/h3,5-6,8-11,13,20H,4,7,12,14-15H2,1-2H3,(H,22,24). The molecule has 0 aromatic heterocycles. The lowest BCUT2D eigenvalue weighted by Gasteiger charge is -2.26. The number of benzene rings is 2. The number of hydrogen-bond acceptors (Lipinski definition) is 3. The van der Waals surface area contributed by atoms with Gasteiger partial charge in [-0.05, 0) is 49.6 Å². The van der Waals surface area contributed by atoms with Crippen LogP contribution in [0.25, 0.3) is 0 Å². The Morgan fingerprint density at radius 1 is 1.27 bits per heavy atom. The molecule has 1 atom stereocenters. The van der Waals surface area contributed by atoms with E-state index in [9.17, 15) is 4.79 Å². The summed E-state index contributed by atoms with van der Waals surface area (Å²) in [6, 6.07) is 15.5. The highest BCUT2D eigenvalue weighted by Crippen LogP contribution is 2.19. The number of rotatable bonds is 6. The van der Waals surface area contributed by atoms with Gasteiger partial charge in [-0.1, -0.05) is 29.8 Å². The number of carbonyl (C=O) groups excluding carboxylic acids is 1. The van der Waals surface area contributed by atoms with Crippen LogP contribution >= 0.6 is 0 Å². The van der Waals surface area contributed by atoms with E-state index in [-0.39, 0.29) is 12.1 Å². The van der Waals surface area contributed by atoms with Crippen LogP contribution in [0.1, 0.15) is 24.0 Å². The first kappa shape index (κ1) is 18.3. The molecule has 1 fully saturated rings. The second kappa shape index (κ2) is 8.72. The van der Waals surface area contributed by atoms with Crippen molar-refractivity contribution in [3.8, 4) is 5.75 Å². The van der Waals surface area contributed by atoms with Crippen molar-refractivity contribution in [1.29, 1.82) is 0 Å². The van der Waals surface area contributed by atoms with Crippen LogP contribution in [0, 0.1) is 6.92 Å². The average molecular weight is 354 g/mol. The lowest BCUT2D eigenvalue weighted by Crippen LogP contribution is -2.39. The van der Waals surface area contributed by atoms with E-state index in [1.54, 1.807) is 7.11 Å². The zero-order chi connectivity index (χ0) is 18.4. The van der Waals surface area contributed by atoms with Crippen LogP contribution < -0.4 is 10.1 Å². The predicted molar refractivity (Wildman–Crippen MR) is 103 cm³/mol. The second-order valence-electron chi connectivity index (χ2n) is 6.66. The van der Waals surface area contributed by atoms with Crippen LogP contribution in [0.2, 0.25) is 0 Å². The second-order valence-corrected chi connectivity index (χ2v) is 6.66. The molecule has 5 nitrogen and oxygen atoms in total. The zero-order valence-corrected chi connectivity index (χ0v) is 15.4. The number of nitrogens with zero attached hydrogens (tertiary/aromatic N) is 1. The van der Waals surface area contributed by atoms with Crippen molar-refractivity contribution >= 4 is 11.7 Å². The van der Waals surface area contributed by atoms with Crippen molar-refractivity contribution in [3.63, 3.8) is 0 Å². The molecule has 1 N–H and O–H groups in total. The molecule has 5 heteroatoms. The number of hydrogen-bond donors (Lipinski definition) is 1. The van der Waals surface area contributed by atoms with E-state index in [0.29, 0.717) is 13.1 Å². The Bertz CT molecular complexity index is 724. The maximum Gasteiger partial charge on any atom is 0.322 e. The molecular weight excluding hydrogens is 328 g/mol. The molecule has 0 radical (unpaired) electrons. The third-order valence-electron chi connectivity index (χ3n) is 4.55. The van der Waals surface area contributed by atoms with Gasteiger partial charge in [-0.2, -0.15) is 0 Å². The lowest BCUT2D eigenvalue weighted by molar-refractivity contribution is 0.0819. The summed E-state index contributed by atoms with van der Waals surface area (Å²) in [7, 11) is 1.65. The minimum absolute atomic E-state index is 0.101. The molecule has 2 amide bonds. The number of amides is 2. The molecule has 2 aromatic carbocycles. The minimum Gasteiger partial charge on any atom is -0.497 e. The van der Waals surface area contributed by atoms with E-state index < -0.39 is 0 Å². The normalized spacial score (nSPS) is 16.3. The molecule has 0 saturated carbocycles. The first-order chi connectivity index (χ1) is 12.6. The zero-order valence-electron chi connectivity index (χ0n) is 15.4. The van der Waals surface area contributed by atoms with Crippen molar-refractivity contribution < 1.29 is 14.3 Å². The summed E-state index contributed by atoms with van der Waals surface area (Å²) >= 11 is 0. The Hall–Kier alpha value is -2.53. The van der Waals surface area contributed by atoms with Gasteiger partial charge in [-0.3, -0.25) is 0 Å². The van der Waals surface area contributed by atoms with Crippen LogP contribution in [0.15, 0.2) is 48.5 Å². The molecule has 0 aliphatic carbocycles. The van der Waals surface area contributed by atoms with E-state index in [1.165, 1.54) is 0 Å². The Morgan fingerprint density at radius 3 is 2.77 bits per heavy atom. The molecule has 3 rings (SSSR count). The largest absolute Gasteiger partial charge is 0.497 e. The SMILES string of the molecule is COc1cccc(CN(CC2CCCO2)C(=O)Nc2ccc(C)cc2)c1. The molecule has 138 valence electrons. The highest BCUT2D eigenvalue weighted by atomic mass is 16.5. The third-order valence-corrected chi connectivity index (χ3v) is 4.55. The molecule has 2 aromatic rings. The van der Waals surface area contributed by atoms with Crippen molar-refractivity contribution in [2.24, 2.45) is 0 Å². The van der Waals surface area contributed by atoms with Gasteiger partial charge in [0.1, 0.15) is 5.75 Å². The van der Waals surface area contributed by atoms with Gasteiger partial charge >= 0.3 is 6.03 Å². The van der Waals surface area contributed by atoms with Gasteiger partial charge in [0.05, 0.1) is 13.2 Å². The summed E-state index contributed by atoms with van der Waals surface area (Å²) < 4.78 is 11.0. The monoisotopic (exact) mass is 354 g/mol. The summed E-state index contributed by atoms with van der Waals surface area (Å²) in [6.07, 6.45) is 2.15. The number of anilines is 1. The van der Waals surface area contributed by atoms with E-state index >= 15 is 0 Å². The summed E-state index contributed by atoms with van der Waals surface area (Å²) in [4.78, 5) is 14.7. The summed E-state index contributed by atoms with van der Waals surface area (Å²) in [6.45, 7) is 3.89. The summed E-state index contributed by atoms with van der Waals surface area (Å²) in [5.41, 5.74) is 2.99. The number of ether oxygens (including phenoxy) is 2. The van der Waals surface area contributed by atoms with E-state index in [1.807, 2.05) is 60.4 Å². The van der Waals surface area contributed by atoms with Gasteiger partial charge in [0.25, 0.3) is 0 Å². The van der Waals surface area contributed by atoms with Gasteiger partial charge in [-0.15, -0.1) is 0 Å². The fraction of sp³-hybridized carbons (Fsp3) is 0.381. The summed E-state index contributed by atoms with van der Waals surface area (Å²) in [5.74, 6) is 0.790. The van der Waals surface area contributed by atoms with Gasteiger partial charge in [0.15, 0.2) is 0 Å². The predicted octanol–water partition coefficient (Wildman–Crippen LogP) is 4.22. The average Bonchev–Trinajstić information content (AvgIpc) is 3.16. The number of urea groups is 1. The number of carbonyl (C=O) groups is 1. The Kier molecular flexibility index (Phi) is 6.12. The third kappa shape index (κ3) is 4.99. The van der Waals surface area contributed by atoms with Crippen LogP contribution in [0.3, 0.4) is 0 Å². The van der Waals surface area contributed by atoms with Crippen molar-refractivity contribution in [2.45, 2.75) is 32.4 Å². The smallest absolute Gasteiger partial charge is 0.322 e. The van der Waals surface area contributed by atoms with Crippen LogP contribution in [-0.2, 0) is 11.3 Å². The molecule has 0 bridgehead atoms. The number of methoxy groups -OCH3 is 1. The summed E-state index contributed by atoms with van der Waals surface area (Å²) in [5, 5.41) is 2.99. The molecule has 1 aliphatic heterocycles. The van der Waals surface area contributed by atoms with Crippen molar-refractivity contribution in [2.75, 3.05) is 25.6 Å². The van der Waals surface area contributed by atoms with Crippen LogP contribution in [0.4, 0.5) is 10.5 Å². The highest BCUT2D eigenvalue weighted by molar-refractivity contribution is 5.89. The number of aryl methyl sites for hydroxylation is 1. The van der Waals surface area contributed by atoms with Gasteiger partial charge in [-0.25, -0.2) is 4.79 Å². The quantitative estimate of drug-likeness (QED) is 0.845. The van der Waals surface area contributed by atoms with Crippen LogP contribution in [0.5, 0.6) is 5.75 Å². The number of nitrogens with one attached hydrogen (secondary N) is 1. The minimum atomic E-state index is -0.118. The first-order valence-corrected chi connectivity index (χ1v) is 9.01. The van der Waals surface area contributed by atoms with E-state index in [2.05, 4.69) is 5.32 Å². The fourth-order valence-corrected chi connectivity index (χ4v) is 3.08. The van der Waals surface area contributed by atoms with E-state index in [0.717, 1.165) is 42.0 Å². The Balaban J connectivity index is 1.72. The maximum absolute atomic E-state index is 12.9. The van der Waals surface area contributed by atoms with Gasteiger partial charge < -0.3 is 19.7 Å². The van der Waals surface area contributed by atoms with Crippen LogP contribution in [-0.4, -0.2) is 37.3 Å². The lowest BCUT2D eigenvalue weighted by atomic mass is 10.1. The topological polar surface area (TPSA) is 50.8 Å². The van der Waals surface area contributed by atoms with E-state index in [4.69, 9.17) is 9.47 Å². The Labute approximate surface area is 154 Å². The Morgan fingerprint density at radius 2 is 2.08 bits per heavy atom. The first-order valence-electron chi connectivity index (χ1n) is 9.01. The molecule has 1 saturated heterocycles. The molecule has 1 aliphatic rings. The van der Waals surface area contributed by atoms with Crippen molar-refractivity contribution in [3.05, 3.63) is 59.7 Å². The fourth-order valence-electron chi connectivity index (χ4n) is 3.08. The van der Waals surface area contributed by atoms with Gasteiger partial charge in [0, 0.05) is 25.4 Å². The maximum atomic E-state index is 12.9. The molecule has 26 heavy (non-hydrogen) atoms. The molecule has 1 unspecified atom stereocenters. The molecule has 0 spiro atoms.